The molecule has 0 bridgehead atoms. The molecule has 3 aromatic rings. The van der Waals surface area contributed by atoms with Crippen molar-refractivity contribution in [3.05, 3.63) is 94.8 Å². The number of ketones is 1. The normalized spacial score (nSPS) is 17.9. The lowest BCUT2D eigenvalue weighted by atomic mass is 9.95. The van der Waals surface area contributed by atoms with E-state index in [1.165, 1.54) is 12.0 Å². The third-order valence-corrected chi connectivity index (χ3v) is 5.13. The van der Waals surface area contributed by atoms with Gasteiger partial charge in [-0.15, -0.1) is 0 Å². The van der Waals surface area contributed by atoms with Gasteiger partial charge in [0.2, 0.25) is 0 Å². The molecule has 0 saturated carbocycles. The molecular formula is C23H17ClN2O4. The number of rotatable bonds is 4. The third kappa shape index (κ3) is 3.42. The van der Waals surface area contributed by atoms with Crippen molar-refractivity contribution >= 4 is 34.7 Å². The molecule has 0 spiro atoms. The zero-order valence-electron chi connectivity index (χ0n) is 15.9. The summed E-state index contributed by atoms with van der Waals surface area (Å²) in [5.41, 5.74) is 1.45. The molecule has 1 fully saturated rings. The van der Waals surface area contributed by atoms with Crippen LogP contribution in [0.4, 0.5) is 5.69 Å². The molecule has 0 radical (unpaired) electrons. The minimum Gasteiger partial charge on any atom is -0.507 e. The van der Waals surface area contributed by atoms with E-state index in [0.717, 1.165) is 0 Å². The van der Waals surface area contributed by atoms with Crippen LogP contribution in [0, 0.1) is 0 Å². The number of nitrogens with zero attached hydrogens (tertiary/aromatic N) is 2. The van der Waals surface area contributed by atoms with E-state index in [2.05, 4.69) is 4.98 Å². The summed E-state index contributed by atoms with van der Waals surface area (Å²) >= 11 is 6.12. The summed E-state index contributed by atoms with van der Waals surface area (Å²) in [5.74, 6) is -1.29. The number of carbonyl (C=O) groups is 2. The van der Waals surface area contributed by atoms with Crippen molar-refractivity contribution in [3.8, 4) is 5.75 Å². The summed E-state index contributed by atoms with van der Waals surface area (Å²) in [7, 11) is 1.51. The Hall–Kier alpha value is -3.64. The van der Waals surface area contributed by atoms with Crippen molar-refractivity contribution in [1.82, 2.24) is 4.98 Å². The van der Waals surface area contributed by atoms with Gasteiger partial charge in [0.1, 0.15) is 11.5 Å². The molecule has 6 nitrogen and oxygen atoms in total. The van der Waals surface area contributed by atoms with Crippen LogP contribution in [0.15, 0.2) is 78.6 Å². The predicted molar refractivity (Wildman–Crippen MR) is 113 cm³/mol. The fraction of sp³-hybridized carbons (Fsp3) is 0.0870. The molecule has 7 heteroatoms. The number of pyridine rings is 1. The number of aliphatic hydroxyl groups excluding tert-OH is 1. The van der Waals surface area contributed by atoms with Crippen molar-refractivity contribution < 1.29 is 19.4 Å². The lowest BCUT2D eigenvalue weighted by Crippen LogP contribution is -2.29. The number of methoxy groups -OCH3 is 1. The van der Waals surface area contributed by atoms with Gasteiger partial charge in [-0.05, 0) is 48.0 Å². The molecular weight excluding hydrogens is 404 g/mol. The fourth-order valence-electron chi connectivity index (χ4n) is 3.51. The minimum absolute atomic E-state index is 0.0144. The molecule has 150 valence electrons. The van der Waals surface area contributed by atoms with E-state index in [0.29, 0.717) is 27.6 Å². The zero-order valence-corrected chi connectivity index (χ0v) is 16.7. The van der Waals surface area contributed by atoms with Crippen LogP contribution in [0.1, 0.15) is 17.2 Å². The van der Waals surface area contributed by atoms with Crippen LogP contribution in [0.25, 0.3) is 5.76 Å². The third-order valence-electron chi connectivity index (χ3n) is 4.90. The molecule has 1 saturated heterocycles. The quantitative estimate of drug-likeness (QED) is 0.385. The van der Waals surface area contributed by atoms with Gasteiger partial charge in [0.05, 0.1) is 18.7 Å². The van der Waals surface area contributed by atoms with Crippen LogP contribution < -0.4 is 9.64 Å². The topological polar surface area (TPSA) is 79.7 Å². The molecule has 2 aromatic carbocycles. The predicted octanol–water partition coefficient (Wildman–Crippen LogP) is 4.37. The van der Waals surface area contributed by atoms with Gasteiger partial charge in [0, 0.05) is 28.7 Å². The van der Waals surface area contributed by atoms with Crippen molar-refractivity contribution in [2.45, 2.75) is 6.04 Å². The van der Waals surface area contributed by atoms with Crippen molar-refractivity contribution in [2.75, 3.05) is 12.0 Å². The van der Waals surface area contributed by atoms with Gasteiger partial charge in [0.15, 0.2) is 0 Å². The summed E-state index contributed by atoms with van der Waals surface area (Å²) < 4.78 is 5.21. The van der Waals surface area contributed by atoms with Crippen LogP contribution in [-0.4, -0.2) is 28.9 Å². The van der Waals surface area contributed by atoms with Gasteiger partial charge in [0.25, 0.3) is 11.7 Å². The van der Waals surface area contributed by atoms with Crippen LogP contribution in [0.5, 0.6) is 5.75 Å². The Balaban J connectivity index is 1.94. The summed E-state index contributed by atoms with van der Waals surface area (Å²) in [6.45, 7) is 0. The SMILES string of the molecule is COc1cccc(/C(O)=C2\C(=O)C(=O)N(c3cccc(Cl)c3)C2c2ccncc2)c1. The Labute approximate surface area is 178 Å². The smallest absolute Gasteiger partial charge is 0.300 e. The number of halogens is 1. The average molecular weight is 421 g/mol. The minimum atomic E-state index is -0.835. The first-order valence-corrected chi connectivity index (χ1v) is 9.50. The molecule has 1 aliphatic heterocycles. The number of hydrogen-bond acceptors (Lipinski definition) is 5. The van der Waals surface area contributed by atoms with Crippen LogP contribution in [0.3, 0.4) is 0 Å². The summed E-state index contributed by atoms with van der Waals surface area (Å²) in [6.07, 6.45) is 3.14. The Morgan fingerprint density at radius 1 is 1.07 bits per heavy atom. The Bertz CT molecular complexity index is 1160. The number of ether oxygens (including phenoxy) is 1. The Morgan fingerprint density at radius 2 is 1.80 bits per heavy atom. The monoisotopic (exact) mass is 420 g/mol. The van der Waals surface area contributed by atoms with E-state index < -0.39 is 17.7 Å². The molecule has 2 heterocycles. The number of Topliss-reactive ketones (excluding diaryl/α,β-unsaturated/α-hetero) is 1. The van der Waals surface area contributed by atoms with Gasteiger partial charge in [-0.1, -0.05) is 29.8 Å². The van der Waals surface area contributed by atoms with Crippen LogP contribution in [0.2, 0.25) is 5.02 Å². The summed E-state index contributed by atoms with van der Waals surface area (Å²) in [4.78, 5) is 31.4. The van der Waals surface area contributed by atoms with E-state index >= 15 is 0 Å². The zero-order chi connectivity index (χ0) is 21.3. The highest BCUT2D eigenvalue weighted by molar-refractivity contribution is 6.51. The van der Waals surface area contributed by atoms with Crippen molar-refractivity contribution in [3.63, 3.8) is 0 Å². The van der Waals surface area contributed by atoms with E-state index in [-0.39, 0.29) is 11.3 Å². The first-order chi connectivity index (χ1) is 14.5. The lowest BCUT2D eigenvalue weighted by molar-refractivity contribution is -0.132. The lowest BCUT2D eigenvalue weighted by Gasteiger charge is -2.25. The standard InChI is InChI=1S/C23H17ClN2O4/c1-30-18-7-2-4-15(12-18)21(27)19-20(14-8-10-25-11-9-14)26(23(29)22(19)28)17-6-3-5-16(24)13-17/h2-13,20,27H,1H3/b21-19+. The van der Waals surface area contributed by atoms with Crippen molar-refractivity contribution in [1.29, 1.82) is 0 Å². The molecule has 1 atom stereocenters. The second-order valence-corrected chi connectivity index (χ2v) is 7.10. The van der Waals surface area contributed by atoms with E-state index in [1.807, 2.05) is 0 Å². The molecule has 1 unspecified atom stereocenters. The molecule has 1 N–H and O–H groups in total. The van der Waals surface area contributed by atoms with E-state index in [4.69, 9.17) is 16.3 Å². The molecule has 0 aliphatic carbocycles. The highest BCUT2D eigenvalue weighted by Crippen LogP contribution is 2.42. The molecule has 1 aromatic heterocycles. The molecule has 1 aliphatic rings. The van der Waals surface area contributed by atoms with Crippen molar-refractivity contribution in [2.24, 2.45) is 0 Å². The number of anilines is 1. The van der Waals surface area contributed by atoms with Gasteiger partial charge in [-0.2, -0.15) is 0 Å². The molecule has 1 amide bonds. The fourth-order valence-corrected chi connectivity index (χ4v) is 3.70. The molecule has 4 rings (SSSR count). The second-order valence-electron chi connectivity index (χ2n) is 6.66. The number of aromatic nitrogens is 1. The number of carbonyl (C=O) groups excluding carboxylic acids is 2. The van der Waals surface area contributed by atoms with E-state index in [1.54, 1.807) is 73.1 Å². The summed E-state index contributed by atoms with van der Waals surface area (Å²) in [5, 5.41) is 11.5. The second kappa shape index (κ2) is 8.00. The maximum Gasteiger partial charge on any atom is 0.300 e. The first-order valence-electron chi connectivity index (χ1n) is 9.12. The van der Waals surface area contributed by atoms with Gasteiger partial charge >= 0.3 is 0 Å². The van der Waals surface area contributed by atoms with Gasteiger partial charge in [-0.25, -0.2) is 0 Å². The maximum atomic E-state index is 13.0. The maximum absolute atomic E-state index is 13.0. The number of hydrogen-bond donors (Lipinski definition) is 1. The highest BCUT2D eigenvalue weighted by Gasteiger charge is 2.47. The van der Waals surface area contributed by atoms with Crippen LogP contribution >= 0.6 is 11.6 Å². The van der Waals surface area contributed by atoms with E-state index in [9.17, 15) is 14.7 Å². The number of aliphatic hydroxyl groups is 1. The number of benzene rings is 2. The van der Waals surface area contributed by atoms with Gasteiger partial charge in [-0.3, -0.25) is 19.5 Å². The first kappa shape index (κ1) is 19.7. The highest BCUT2D eigenvalue weighted by atomic mass is 35.5. The van der Waals surface area contributed by atoms with Gasteiger partial charge < -0.3 is 9.84 Å². The largest absolute Gasteiger partial charge is 0.507 e. The Morgan fingerprint density at radius 3 is 2.50 bits per heavy atom. The summed E-state index contributed by atoms with van der Waals surface area (Å²) in [6, 6.07) is 15.9. The van der Waals surface area contributed by atoms with Crippen LogP contribution in [-0.2, 0) is 9.59 Å². The molecule has 30 heavy (non-hydrogen) atoms. The number of amides is 1. The Kier molecular flexibility index (Phi) is 5.25. The average Bonchev–Trinajstić information content (AvgIpc) is 3.04.